The van der Waals surface area contributed by atoms with Crippen LogP contribution in [-0.2, 0) is 22.6 Å². The third-order valence-corrected chi connectivity index (χ3v) is 4.05. The fourth-order valence-corrected chi connectivity index (χ4v) is 2.57. The average molecular weight is 281 g/mol. The molecule has 108 valence electrons. The van der Waals surface area contributed by atoms with Gasteiger partial charge in [-0.2, -0.15) is 0 Å². The van der Waals surface area contributed by atoms with Crippen LogP contribution in [0, 0.1) is 0 Å². The lowest BCUT2D eigenvalue weighted by Crippen LogP contribution is -2.63. The van der Waals surface area contributed by atoms with Gasteiger partial charge >= 0.3 is 5.97 Å². The van der Waals surface area contributed by atoms with Crippen LogP contribution in [0.25, 0.3) is 0 Å². The van der Waals surface area contributed by atoms with Crippen LogP contribution in [0.15, 0.2) is 60.7 Å². The second kappa shape index (κ2) is 5.70. The predicted octanol–water partition coefficient (Wildman–Crippen LogP) is 3.00. The third-order valence-electron chi connectivity index (χ3n) is 4.05. The van der Waals surface area contributed by atoms with Gasteiger partial charge in [-0.05, 0) is 18.1 Å². The van der Waals surface area contributed by atoms with Gasteiger partial charge in [0.15, 0.2) is 5.54 Å². The van der Waals surface area contributed by atoms with Crippen LogP contribution in [0.1, 0.15) is 18.1 Å². The highest BCUT2D eigenvalue weighted by Gasteiger charge is 2.49. The van der Waals surface area contributed by atoms with Crippen molar-refractivity contribution in [3.8, 4) is 0 Å². The standard InChI is InChI=1S/C18H19NO2/c1-18(14-21-17(18)20)19(12-15-8-4-2-5-9-15)13-16-10-6-3-7-11-16/h2-11H,12-14H2,1H3/t18-/m0/s1. The van der Waals surface area contributed by atoms with Crippen molar-refractivity contribution in [3.63, 3.8) is 0 Å². The number of benzene rings is 2. The number of cyclic esters (lactones) is 1. The summed E-state index contributed by atoms with van der Waals surface area (Å²) in [6.07, 6.45) is 0. The molecule has 0 amide bonds. The van der Waals surface area contributed by atoms with Crippen LogP contribution in [0.4, 0.5) is 0 Å². The Kier molecular flexibility index (Phi) is 3.76. The van der Waals surface area contributed by atoms with E-state index in [9.17, 15) is 4.79 Å². The highest BCUT2D eigenvalue weighted by Crippen LogP contribution is 2.29. The number of hydrogen-bond donors (Lipinski definition) is 0. The third kappa shape index (κ3) is 2.83. The van der Waals surface area contributed by atoms with Crippen molar-refractivity contribution in [1.29, 1.82) is 0 Å². The average Bonchev–Trinajstić information content (AvgIpc) is 2.54. The molecule has 3 heteroatoms. The summed E-state index contributed by atoms with van der Waals surface area (Å²) < 4.78 is 5.02. The molecule has 0 unspecified atom stereocenters. The Labute approximate surface area is 125 Å². The topological polar surface area (TPSA) is 29.5 Å². The molecule has 0 saturated carbocycles. The molecule has 1 saturated heterocycles. The van der Waals surface area contributed by atoms with Gasteiger partial charge in [0, 0.05) is 13.1 Å². The summed E-state index contributed by atoms with van der Waals surface area (Å²) in [6, 6.07) is 20.5. The number of rotatable bonds is 5. The second-order valence-corrected chi connectivity index (χ2v) is 5.68. The highest BCUT2D eigenvalue weighted by molar-refractivity contribution is 5.85. The molecular formula is C18H19NO2. The van der Waals surface area contributed by atoms with Gasteiger partial charge in [0.2, 0.25) is 0 Å². The lowest BCUT2D eigenvalue weighted by Gasteiger charge is -2.45. The molecule has 1 atom stereocenters. The van der Waals surface area contributed by atoms with Gasteiger partial charge in [-0.15, -0.1) is 0 Å². The zero-order valence-corrected chi connectivity index (χ0v) is 12.2. The number of carbonyl (C=O) groups excluding carboxylic acids is 1. The number of hydrogen-bond acceptors (Lipinski definition) is 3. The Balaban J connectivity index is 1.83. The van der Waals surface area contributed by atoms with Crippen LogP contribution < -0.4 is 0 Å². The van der Waals surface area contributed by atoms with Gasteiger partial charge in [-0.3, -0.25) is 4.90 Å². The fourth-order valence-electron chi connectivity index (χ4n) is 2.57. The minimum atomic E-state index is -0.522. The van der Waals surface area contributed by atoms with Crippen molar-refractivity contribution in [1.82, 2.24) is 4.90 Å². The van der Waals surface area contributed by atoms with Crippen LogP contribution in [0.3, 0.4) is 0 Å². The van der Waals surface area contributed by atoms with E-state index >= 15 is 0 Å². The number of ether oxygens (including phenoxy) is 1. The summed E-state index contributed by atoms with van der Waals surface area (Å²) >= 11 is 0. The van der Waals surface area contributed by atoms with E-state index in [1.54, 1.807) is 0 Å². The Morgan fingerprint density at radius 3 is 1.76 bits per heavy atom. The molecule has 0 radical (unpaired) electrons. The zero-order chi connectivity index (χ0) is 14.7. The molecule has 1 fully saturated rings. The summed E-state index contributed by atoms with van der Waals surface area (Å²) in [7, 11) is 0. The minimum Gasteiger partial charge on any atom is -0.462 e. The van der Waals surface area contributed by atoms with Gasteiger partial charge in [0.05, 0.1) is 0 Å². The molecule has 1 aliphatic rings. The summed E-state index contributed by atoms with van der Waals surface area (Å²) in [5.41, 5.74) is 1.88. The SMILES string of the molecule is C[C@]1(N(Cc2ccccc2)Cc2ccccc2)COC1=O. The molecule has 0 bridgehead atoms. The monoisotopic (exact) mass is 281 g/mol. The maximum atomic E-state index is 11.9. The molecule has 1 aliphatic heterocycles. The number of esters is 1. The smallest absolute Gasteiger partial charge is 0.329 e. The van der Waals surface area contributed by atoms with E-state index in [1.165, 1.54) is 11.1 Å². The molecule has 21 heavy (non-hydrogen) atoms. The van der Waals surface area contributed by atoms with Gasteiger partial charge in [-0.25, -0.2) is 4.79 Å². The Hall–Kier alpha value is -2.13. The highest BCUT2D eigenvalue weighted by atomic mass is 16.6. The fraction of sp³-hybridized carbons (Fsp3) is 0.278. The van der Waals surface area contributed by atoms with Crippen molar-refractivity contribution >= 4 is 5.97 Å². The van der Waals surface area contributed by atoms with Crippen molar-refractivity contribution in [3.05, 3.63) is 71.8 Å². The van der Waals surface area contributed by atoms with Crippen molar-refractivity contribution in [2.45, 2.75) is 25.6 Å². The summed E-state index contributed by atoms with van der Waals surface area (Å²) in [4.78, 5) is 14.1. The second-order valence-electron chi connectivity index (χ2n) is 5.68. The van der Waals surface area contributed by atoms with Crippen molar-refractivity contribution in [2.24, 2.45) is 0 Å². The van der Waals surface area contributed by atoms with E-state index in [2.05, 4.69) is 29.2 Å². The number of carbonyl (C=O) groups is 1. The lowest BCUT2D eigenvalue weighted by molar-refractivity contribution is -0.189. The largest absolute Gasteiger partial charge is 0.462 e. The minimum absolute atomic E-state index is 0.130. The first-order valence-corrected chi connectivity index (χ1v) is 7.19. The Morgan fingerprint density at radius 2 is 1.43 bits per heavy atom. The summed E-state index contributed by atoms with van der Waals surface area (Å²) in [5, 5.41) is 0. The molecule has 0 N–H and O–H groups in total. The van der Waals surface area contributed by atoms with Crippen LogP contribution in [0.2, 0.25) is 0 Å². The first kappa shape index (κ1) is 13.8. The van der Waals surface area contributed by atoms with E-state index in [0.29, 0.717) is 6.61 Å². The first-order valence-electron chi connectivity index (χ1n) is 7.19. The quantitative estimate of drug-likeness (QED) is 0.789. The lowest BCUT2D eigenvalue weighted by atomic mass is 9.94. The molecule has 3 nitrogen and oxygen atoms in total. The first-order chi connectivity index (χ1) is 10.2. The number of nitrogens with zero attached hydrogens (tertiary/aromatic N) is 1. The molecule has 1 heterocycles. The van der Waals surface area contributed by atoms with E-state index in [4.69, 9.17) is 4.74 Å². The van der Waals surface area contributed by atoms with Gasteiger partial charge in [0.1, 0.15) is 6.61 Å². The maximum Gasteiger partial charge on any atom is 0.329 e. The van der Waals surface area contributed by atoms with Gasteiger partial charge in [-0.1, -0.05) is 60.7 Å². The Bertz CT molecular complexity index is 570. The molecule has 0 aliphatic carbocycles. The van der Waals surface area contributed by atoms with E-state index < -0.39 is 5.54 Å². The molecule has 0 spiro atoms. The van der Waals surface area contributed by atoms with E-state index in [-0.39, 0.29) is 5.97 Å². The predicted molar refractivity (Wildman–Crippen MR) is 81.5 cm³/mol. The van der Waals surface area contributed by atoms with Crippen LogP contribution in [-0.4, -0.2) is 23.0 Å². The molecular weight excluding hydrogens is 262 g/mol. The van der Waals surface area contributed by atoms with E-state index in [0.717, 1.165) is 13.1 Å². The van der Waals surface area contributed by atoms with Crippen LogP contribution >= 0.6 is 0 Å². The van der Waals surface area contributed by atoms with Crippen LogP contribution in [0.5, 0.6) is 0 Å². The molecule has 3 rings (SSSR count). The van der Waals surface area contributed by atoms with Crippen molar-refractivity contribution in [2.75, 3.05) is 6.61 Å². The summed E-state index contributed by atoms with van der Waals surface area (Å²) in [6.45, 7) is 3.90. The van der Waals surface area contributed by atoms with Gasteiger partial charge < -0.3 is 4.74 Å². The zero-order valence-electron chi connectivity index (χ0n) is 12.2. The Morgan fingerprint density at radius 1 is 0.952 bits per heavy atom. The maximum absolute atomic E-state index is 11.9. The molecule has 0 aromatic heterocycles. The molecule has 2 aromatic carbocycles. The molecule has 2 aromatic rings. The van der Waals surface area contributed by atoms with Gasteiger partial charge in [0.25, 0.3) is 0 Å². The van der Waals surface area contributed by atoms with Crippen molar-refractivity contribution < 1.29 is 9.53 Å². The van der Waals surface area contributed by atoms with E-state index in [1.807, 2.05) is 43.3 Å². The normalized spacial score (nSPS) is 21.0. The summed E-state index contributed by atoms with van der Waals surface area (Å²) in [5.74, 6) is -0.130.